The Morgan fingerprint density at radius 3 is 2.56 bits per heavy atom. The number of nitrogens with one attached hydrogen (secondary N) is 1. The van der Waals surface area contributed by atoms with Gasteiger partial charge in [-0.3, -0.25) is 4.79 Å². The highest BCUT2D eigenvalue weighted by molar-refractivity contribution is 5.92. The molecule has 8 heteroatoms. The minimum atomic E-state index is -0.0732. The molecule has 2 aromatic heterocycles. The number of hydrogen-bond acceptors (Lipinski definition) is 4. The summed E-state index contributed by atoms with van der Waals surface area (Å²) >= 11 is 0. The van der Waals surface area contributed by atoms with E-state index in [1.807, 2.05) is 9.80 Å². The van der Waals surface area contributed by atoms with Crippen LogP contribution in [0.25, 0.3) is 5.65 Å². The molecule has 2 saturated heterocycles. The van der Waals surface area contributed by atoms with E-state index in [0.29, 0.717) is 31.6 Å². The van der Waals surface area contributed by atoms with E-state index >= 15 is 0 Å². The van der Waals surface area contributed by atoms with Gasteiger partial charge in [0.2, 0.25) is 5.91 Å². The minimum absolute atomic E-state index is 0.0124. The Morgan fingerprint density at radius 2 is 1.80 bits per heavy atom. The van der Waals surface area contributed by atoms with Gasteiger partial charge in [-0.05, 0) is 25.7 Å². The number of urea groups is 1. The second-order valence-electron chi connectivity index (χ2n) is 6.70. The largest absolute Gasteiger partial charge is 0.325 e. The lowest BCUT2D eigenvalue weighted by Gasteiger charge is -2.34. The highest BCUT2D eigenvalue weighted by Gasteiger charge is 2.30. The third-order valence-corrected chi connectivity index (χ3v) is 5.03. The molecule has 25 heavy (non-hydrogen) atoms. The van der Waals surface area contributed by atoms with E-state index in [1.165, 1.54) is 0 Å². The number of fused-ring (bicyclic) bond motifs is 1. The van der Waals surface area contributed by atoms with Gasteiger partial charge >= 0.3 is 6.03 Å². The van der Waals surface area contributed by atoms with Gasteiger partial charge in [-0.15, -0.1) is 0 Å². The molecule has 132 valence electrons. The highest BCUT2D eigenvalue weighted by atomic mass is 16.2. The van der Waals surface area contributed by atoms with E-state index in [0.717, 1.165) is 31.6 Å². The van der Waals surface area contributed by atoms with Gasteiger partial charge in [0.1, 0.15) is 0 Å². The van der Waals surface area contributed by atoms with Crippen LogP contribution >= 0.6 is 0 Å². The predicted octanol–water partition coefficient (Wildman–Crippen LogP) is 1.60. The summed E-state index contributed by atoms with van der Waals surface area (Å²) in [7, 11) is 0. The summed E-state index contributed by atoms with van der Waals surface area (Å²) in [5.41, 5.74) is 1.38. The van der Waals surface area contributed by atoms with Gasteiger partial charge in [0.15, 0.2) is 5.65 Å². The molecule has 2 aromatic rings. The summed E-state index contributed by atoms with van der Waals surface area (Å²) in [6.07, 6.45) is 8.65. The van der Waals surface area contributed by atoms with Gasteiger partial charge < -0.3 is 15.1 Å². The molecule has 2 fully saturated rings. The third-order valence-electron chi connectivity index (χ3n) is 5.03. The van der Waals surface area contributed by atoms with Gasteiger partial charge in [-0.2, -0.15) is 5.10 Å². The van der Waals surface area contributed by atoms with E-state index in [-0.39, 0.29) is 17.9 Å². The Hall–Kier alpha value is -2.64. The first-order chi connectivity index (χ1) is 12.2. The van der Waals surface area contributed by atoms with Crippen molar-refractivity contribution < 1.29 is 9.59 Å². The quantitative estimate of drug-likeness (QED) is 0.898. The summed E-state index contributed by atoms with van der Waals surface area (Å²) < 4.78 is 1.63. The van der Waals surface area contributed by atoms with Crippen molar-refractivity contribution in [1.82, 2.24) is 24.4 Å². The molecule has 4 heterocycles. The predicted molar refractivity (Wildman–Crippen MR) is 92.1 cm³/mol. The maximum absolute atomic E-state index is 12.5. The fourth-order valence-electron chi connectivity index (χ4n) is 3.56. The van der Waals surface area contributed by atoms with Crippen molar-refractivity contribution in [2.45, 2.75) is 25.7 Å². The second kappa shape index (κ2) is 6.70. The van der Waals surface area contributed by atoms with Crippen molar-refractivity contribution in [2.75, 3.05) is 31.5 Å². The Bertz CT molecular complexity index is 774. The van der Waals surface area contributed by atoms with Crippen molar-refractivity contribution in [3.63, 3.8) is 0 Å². The van der Waals surface area contributed by atoms with Crippen molar-refractivity contribution in [2.24, 2.45) is 5.92 Å². The number of anilines is 1. The fourth-order valence-corrected chi connectivity index (χ4v) is 3.56. The lowest BCUT2D eigenvalue weighted by atomic mass is 9.96. The average molecular weight is 342 g/mol. The third kappa shape index (κ3) is 3.29. The minimum Gasteiger partial charge on any atom is -0.325 e. The van der Waals surface area contributed by atoms with E-state index in [4.69, 9.17) is 0 Å². The first-order valence-electron chi connectivity index (χ1n) is 8.85. The number of carbonyl (C=O) groups excluding carboxylic acids is 2. The zero-order valence-corrected chi connectivity index (χ0v) is 14.1. The van der Waals surface area contributed by atoms with Gasteiger partial charge in [0.25, 0.3) is 0 Å². The Balaban J connectivity index is 1.32. The second-order valence-corrected chi connectivity index (χ2v) is 6.70. The van der Waals surface area contributed by atoms with Crippen LogP contribution in [0, 0.1) is 5.92 Å². The zero-order chi connectivity index (χ0) is 17.2. The number of likely N-dealkylation sites (tertiary alicyclic amines) is 2. The molecule has 0 bridgehead atoms. The molecule has 0 saturated carbocycles. The molecule has 0 aliphatic carbocycles. The molecule has 0 spiro atoms. The van der Waals surface area contributed by atoms with E-state index < -0.39 is 0 Å². The molecule has 2 aliphatic heterocycles. The van der Waals surface area contributed by atoms with Crippen LogP contribution in [-0.2, 0) is 4.79 Å². The van der Waals surface area contributed by atoms with Crippen molar-refractivity contribution in [3.8, 4) is 0 Å². The Morgan fingerprint density at radius 1 is 1.08 bits per heavy atom. The topological polar surface area (TPSA) is 82.8 Å². The molecule has 0 aromatic carbocycles. The maximum atomic E-state index is 12.5. The molecule has 0 radical (unpaired) electrons. The standard InChI is InChI=1S/C17H22N6O2/c24-16(20-14-11-18-15-3-6-19-23(15)12-14)13-4-9-22(10-5-13)17(25)21-7-1-2-8-21/h3,6,11-13H,1-2,4-5,7-10H2,(H,20,24). The molecule has 4 rings (SSSR count). The van der Waals surface area contributed by atoms with Gasteiger partial charge in [-0.1, -0.05) is 0 Å². The number of amides is 3. The summed E-state index contributed by atoms with van der Waals surface area (Å²) in [4.78, 5) is 32.9. The number of rotatable bonds is 2. The average Bonchev–Trinajstić information content (AvgIpc) is 3.32. The zero-order valence-electron chi connectivity index (χ0n) is 14.1. The van der Waals surface area contributed by atoms with Crippen LogP contribution in [0.5, 0.6) is 0 Å². The molecule has 3 amide bonds. The summed E-state index contributed by atoms with van der Waals surface area (Å²) in [6.45, 7) is 3.01. The van der Waals surface area contributed by atoms with Crippen LogP contribution in [0.3, 0.4) is 0 Å². The molecule has 0 atom stereocenters. The van der Waals surface area contributed by atoms with Crippen LogP contribution in [0.15, 0.2) is 24.7 Å². The lowest BCUT2D eigenvalue weighted by Crippen LogP contribution is -2.47. The number of hydrogen-bond donors (Lipinski definition) is 1. The Labute approximate surface area is 145 Å². The monoisotopic (exact) mass is 342 g/mol. The Kier molecular flexibility index (Phi) is 4.25. The molecule has 8 nitrogen and oxygen atoms in total. The SMILES string of the molecule is O=C(Nc1cnc2ccnn2c1)C1CCN(C(=O)N2CCCC2)CC1. The van der Waals surface area contributed by atoms with Crippen LogP contribution in [0.1, 0.15) is 25.7 Å². The van der Waals surface area contributed by atoms with Crippen LogP contribution in [0.4, 0.5) is 10.5 Å². The van der Waals surface area contributed by atoms with Crippen LogP contribution in [-0.4, -0.2) is 62.5 Å². The van der Waals surface area contributed by atoms with Gasteiger partial charge in [0.05, 0.1) is 24.3 Å². The summed E-state index contributed by atoms with van der Waals surface area (Å²) in [5.74, 6) is -0.0856. The van der Waals surface area contributed by atoms with E-state index in [1.54, 1.807) is 29.2 Å². The smallest absolute Gasteiger partial charge is 0.319 e. The van der Waals surface area contributed by atoms with Crippen LogP contribution < -0.4 is 5.32 Å². The van der Waals surface area contributed by atoms with Crippen molar-refractivity contribution >= 4 is 23.3 Å². The number of piperidine rings is 1. The number of nitrogens with zero attached hydrogens (tertiary/aromatic N) is 5. The molecule has 1 N–H and O–H groups in total. The first kappa shape index (κ1) is 15.9. The number of carbonyl (C=O) groups is 2. The maximum Gasteiger partial charge on any atom is 0.319 e. The molecular weight excluding hydrogens is 320 g/mol. The van der Waals surface area contributed by atoms with E-state index in [2.05, 4.69) is 15.4 Å². The molecule has 0 unspecified atom stereocenters. The van der Waals surface area contributed by atoms with Gasteiger partial charge in [0, 0.05) is 38.2 Å². The van der Waals surface area contributed by atoms with Crippen LogP contribution in [0.2, 0.25) is 0 Å². The van der Waals surface area contributed by atoms with Gasteiger partial charge in [-0.25, -0.2) is 14.3 Å². The van der Waals surface area contributed by atoms with Crippen molar-refractivity contribution in [1.29, 1.82) is 0 Å². The van der Waals surface area contributed by atoms with E-state index in [9.17, 15) is 9.59 Å². The fraction of sp³-hybridized carbons (Fsp3) is 0.529. The summed E-state index contributed by atoms with van der Waals surface area (Å²) in [5, 5.41) is 7.04. The highest BCUT2D eigenvalue weighted by Crippen LogP contribution is 2.21. The molecule has 2 aliphatic rings. The van der Waals surface area contributed by atoms with Crippen molar-refractivity contribution in [3.05, 3.63) is 24.7 Å². The first-order valence-corrected chi connectivity index (χ1v) is 8.85. The number of aromatic nitrogens is 3. The normalized spacial score (nSPS) is 18.7. The lowest BCUT2D eigenvalue weighted by molar-refractivity contribution is -0.121. The summed E-state index contributed by atoms with van der Waals surface area (Å²) in [6, 6.07) is 1.93. The molecular formula is C17H22N6O2.